The first-order chi connectivity index (χ1) is 10.2. The molecule has 0 aromatic carbocycles. The minimum atomic E-state index is -0.278. The van der Waals surface area contributed by atoms with E-state index < -0.39 is 0 Å². The minimum absolute atomic E-state index is 0.273. The summed E-state index contributed by atoms with van der Waals surface area (Å²) in [6.45, 7) is 3.14. The lowest BCUT2D eigenvalue weighted by Crippen LogP contribution is -2.29. The van der Waals surface area contributed by atoms with Gasteiger partial charge in [0.2, 0.25) is 0 Å². The van der Waals surface area contributed by atoms with Gasteiger partial charge >= 0.3 is 0 Å². The molecule has 0 saturated carbocycles. The van der Waals surface area contributed by atoms with Crippen molar-refractivity contribution in [2.24, 2.45) is 0 Å². The standard InChI is InChI=1S/C14H16BrN3O2S/c15-12-5-4-11(20-12)13(19)17-14-16-10(9-21-14)8-18-6-2-1-3-7-18/h4-5,9H,1-3,6-8H2,(H,16,17,19). The highest BCUT2D eigenvalue weighted by Gasteiger charge is 2.15. The molecule has 3 heterocycles. The second kappa shape index (κ2) is 6.72. The molecule has 0 radical (unpaired) electrons. The Hall–Kier alpha value is -1.18. The predicted molar refractivity (Wildman–Crippen MR) is 85.6 cm³/mol. The predicted octanol–water partition coefficient (Wildman–Crippen LogP) is 3.74. The van der Waals surface area contributed by atoms with Crippen LogP contribution in [0.4, 0.5) is 5.13 Å². The molecular formula is C14H16BrN3O2S. The van der Waals surface area contributed by atoms with Crippen LogP contribution in [-0.4, -0.2) is 28.9 Å². The van der Waals surface area contributed by atoms with Crippen LogP contribution in [0.15, 0.2) is 26.6 Å². The first-order valence-electron chi connectivity index (χ1n) is 6.94. The average molecular weight is 370 g/mol. The van der Waals surface area contributed by atoms with Gasteiger partial charge in [0.1, 0.15) is 0 Å². The van der Waals surface area contributed by atoms with Crippen LogP contribution in [0.5, 0.6) is 0 Å². The van der Waals surface area contributed by atoms with Crippen LogP contribution in [-0.2, 0) is 6.54 Å². The summed E-state index contributed by atoms with van der Waals surface area (Å²) in [5.41, 5.74) is 1.01. The summed E-state index contributed by atoms with van der Waals surface area (Å²) < 4.78 is 5.76. The number of halogens is 1. The van der Waals surface area contributed by atoms with Crippen molar-refractivity contribution in [3.8, 4) is 0 Å². The molecule has 5 nitrogen and oxygen atoms in total. The highest BCUT2D eigenvalue weighted by atomic mass is 79.9. The Labute approximate surface area is 135 Å². The van der Waals surface area contributed by atoms with Gasteiger partial charge in [0.25, 0.3) is 5.91 Å². The largest absolute Gasteiger partial charge is 0.444 e. The minimum Gasteiger partial charge on any atom is -0.444 e. The van der Waals surface area contributed by atoms with Crippen LogP contribution in [0, 0.1) is 0 Å². The van der Waals surface area contributed by atoms with Crippen molar-refractivity contribution in [1.82, 2.24) is 9.88 Å². The molecule has 21 heavy (non-hydrogen) atoms. The number of thiazole rings is 1. The zero-order valence-electron chi connectivity index (χ0n) is 11.5. The number of carbonyl (C=O) groups is 1. The van der Waals surface area contributed by atoms with Gasteiger partial charge in [-0.2, -0.15) is 0 Å². The van der Waals surface area contributed by atoms with Crippen LogP contribution < -0.4 is 5.32 Å². The van der Waals surface area contributed by atoms with Gasteiger partial charge in [0, 0.05) is 11.9 Å². The fourth-order valence-corrected chi connectivity index (χ4v) is 3.38. The fraction of sp³-hybridized carbons (Fsp3) is 0.429. The van der Waals surface area contributed by atoms with E-state index in [1.54, 1.807) is 12.1 Å². The third kappa shape index (κ3) is 3.93. The lowest BCUT2D eigenvalue weighted by atomic mass is 10.1. The first-order valence-corrected chi connectivity index (χ1v) is 8.61. The molecule has 1 aliphatic heterocycles. The van der Waals surface area contributed by atoms with Gasteiger partial charge in [-0.1, -0.05) is 6.42 Å². The molecular weight excluding hydrogens is 354 g/mol. The van der Waals surface area contributed by atoms with Crippen molar-refractivity contribution >= 4 is 38.3 Å². The summed E-state index contributed by atoms with van der Waals surface area (Å²) in [7, 11) is 0. The Kier molecular flexibility index (Phi) is 4.72. The quantitative estimate of drug-likeness (QED) is 0.891. The summed E-state index contributed by atoms with van der Waals surface area (Å²) >= 11 is 4.62. The Balaban J connectivity index is 1.58. The number of furan rings is 1. The number of likely N-dealkylation sites (tertiary alicyclic amines) is 1. The molecule has 0 spiro atoms. The van der Waals surface area contributed by atoms with Crippen LogP contribution >= 0.6 is 27.3 Å². The van der Waals surface area contributed by atoms with Gasteiger partial charge < -0.3 is 4.42 Å². The number of amides is 1. The Morgan fingerprint density at radius 1 is 1.38 bits per heavy atom. The average Bonchev–Trinajstić information content (AvgIpc) is 3.09. The maximum absolute atomic E-state index is 12.0. The lowest BCUT2D eigenvalue weighted by molar-refractivity contribution is 0.0995. The van der Waals surface area contributed by atoms with Crippen molar-refractivity contribution in [3.05, 3.63) is 33.6 Å². The molecule has 7 heteroatoms. The molecule has 1 amide bonds. The van der Waals surface area contributed by atoms with E-state index in [4.69, 9.17) is 4.42 Å². The van der Waals surface area contributed by atoms with Crippen molar-refractivity contribution in [3.63, 3.8) is 0 Å². The first kappa shape index (κ1) is 14.7. The summed E-state index contributed by atoms with van der Waals surface area (Å²) in [5.74, 6) is -0.00534. The third-order valence-corrected chi connectivity index (χ3v) is 4.64. The molecule has 1 aliphatic rings. The van der Waals surface area contributed by atoms with E-state index in [0.717, 1.165) is 25.3 Å². The van der Waals surface area contributed by atoms with Gasteiger partial charge in [-0.05, 0) is 54.0 Å². The number of aromatic nitrogens is 1. The van der Waals surface area contributed by atoms with Crippen LogP contribution in [0.2, 0.25) is 0 Å². The number of piperidine rings is 1. The molecule has 1 saturated heterocycles. The van der Waals surface area contributed by atoms with E-state index in [1.807, 2.05) is 5.38 Å². The number of hydrogen-bond donors (Lipinski definition) is 1. The van der Waals surface area contributed by atoms with Crippen LogP contribution in [0.25, 0.3) is 0 Å². The monoisotopic (exact) mass is 369 g/mol. The van der Waals surface area contributed by atoms with Gasteiger partial charge in [0.15, 0.2) is 15.6 Å². The molecule has 0 aliphatic carbocycles. The molecule has 1 N–H and O–H groups in total. The second-order valence-electron chi connectivity index (χ2n) is 5.04. The molecule has 2 aromatic rings. The summed E-state index contributed by atoms with van der Waals surface area (Å²) in [6.07, 6.45) is 3.86. The van der Waals surface area contributed by atoms with Crippen molar-refractivity contribution in [2.45, 2.75) is 25.8 Å². The molecule has 0 bridgehead atoms. The number of anilines is 1. The third-order valence-electron chi connectivity index (χ3n) is 3.40. The molecule has 112 valence electrons. The van der Waals surface area contributed by atoms with Crippen LogP contribution in [0.3, 0.4) is 0 Å². The van der Waals surface area contributed by atoms with E-state index >= 15 is 0 Å². The van der Waals surface area contributed by atoms with Crippen molar-refractivity contribution < 1.29 is 9.21 Å². The lowest BCUT2D eigenvalue weighted by Gasteiger charge is -2.25. The smallest absolute Gasteiger partial charge is 0.293 e. The van der Waals surface area contributed by atoms with Gasteiger partial charge in [0.05, 0.1) is 5.69 Å². The highest BCUT2D eigenvalue weighted by molar-refractivity contribution is 9.10. The van der Waals surface area contributed by atoms with Crippen LogP contribution in [0.1, 0.15) is 35.5 Å². The molecule has 1 fully saturated rings. The molecule has 3 rings (SSSR count). The second-order valence-corrected chi connectivity index (χ2v) is 6.68. The highest BCUT2D eigenvalue weighted by Crippen LogP contribution is 2.20. The van der Waals surface area contributed by atoms with Gasteiger partial charge in [-0.15, -0.1) is 11.3 Å². The number of nitrogens with one attached hydrogen (secondary N) is 1. The summed E-state index contributed by atoms with van der Waals surface area (Å²) in [5, 5.41) is 5.38. The van der Waals surface area contributed by atoms with E-state index in [9.17, 15) is 4.79 Å². The Morgan fingerprint density at radius 3 is 2.90 bits per heavy atom. The number of carbonyl (C=O) groups excluding carboxylic acids is 1. The van der Waals surface area contributed by atoms with E-state index in [1.165, 1.54) is 30.6 Å². The Bertz CT molecular complexity index is 619. The van der Waals surface area contributed by atoms with Gasteiger partial charge in [-0.25, -0.2) is 4.98 Å². The Morgan fingerprint density at radius 2 is 2.19 bits per heavy atom. The molecule has 0 atom stereocenters. The maximum Gasteiger partial charge on any atom is 0.293 e. The molecule has 2 aromatic heterocycles. The molecule has 0 unspecified atom stereocenters. The van der Waals surface area contributed by atoms with E-state index in [-0.39, 0.29) is 11.7 Å². The van der Waals surface area contributed by atoms with E-state index in [2.05, 4.69) is 31.1 Å². The van der Waals surface area contributed by atoms with Crippen molar-refractivity contribution in [2.75, 3.05) is 18.4 Å². The van der Waals surface area contributed by atoms with Gasteiger partial charge in [-0.3, -0.25) is 15.0 Å². The topological polar surface area (TPSA) is 58.4 Å². The maximum atomic E-state index is 12.0. The normalized spacial score (nSPS) is 16.0. The number of hydrogen-bond acceptors (Lipinski definition) is 5. The number of rotatable bonds is 4. The zero-order valence-corrected chi connectivity index (χ0v) is 13.9. The van der Waals surface area contributed by atoms with Crippen molar-refractivity contribution in [1.29, 1.82) is 0 Å². The fourth-order valence-electron chi connectivity index (χ4n) is 2.38. The summed E-state index contributed by atoms with van der Waals surface area (Å²) in [6, 6.07) is 3.32. The number of nitrogens with zero attached hydrogens (tertiary/aromatic N) is 2. The summed E-state index contributed by atoms with van der Waals surface area (Å²) in [4.78, 5) is 18.8. The SMILES string of the molecule is O=C(Nc1nc(CN2CCCCC2)cs1)c1ccc(Br)o1. The van der Waals surface area contributed by atoms with E-state index in [0.29, 0.717) is 9.80 Å². The zero-order chi connectivity index (χ0) is 14.7.